The molecule has 1 rings (SSSR count). The molecule has 0 fully saturated rings. The van der Waals surface area contributed by atoms with Gasteiger partial charge in [-0.25, -0.2) is 0 Å². The third kappa shape index (κ3) is 2.39. The van der Waals surface area contributed by atoms with Crippen molar-refractivity contribution in [2.75, 3.05) is 0 Å². The quantitative estimate of drug-likeness (QED) is 0.534. The summed E-state index contributed by atoms with van der Waals surface area (Å²) in [6, 6.07) is 4.03. The Morgan fingerprint density at radius 2 is 2.25 bits per heavy atom. The molecule has 3 heteroatoms. The summed E-state index contributed by atoms with van der Waals surface area (Å²) in [6.07, 6.45) is 3.68. The molecular weight excluding hydrogens is 175 g/mol. The minimum absolute atomic E-state index is 0. The molecular formula is C5H5ClNZn. The Labute approximate surface area is 64.6 Å². The van der Waals surface area contributed by atoms with Gasteiger partial charge < -0.3 is 0 Å². The molecule has 0 N–H and O–H groups in total. The second-order valence-electron chi connectivity index (χ2n) is 1.36. The summed E-state index contributed by atoms with van der Waals surface area (Å²) in [7, 11) is 0. The minimum atomic E-state index is 0. The SMILES string of the molecule is Cl.[Zn][c]1cccnc1. The summed E-state index contributed by atoms with van der Waals surface area (Å²) < 4.78 is 1.34. The Hall–Kier alpha value is 0.0634. The van der Waals surface area contributed by atoms with E-state index < -0.39 is 0 Å². The first-order valence-electron chi connectivity index (χ1n) is 2.11. The number of rotatable bonds is 0. The molecule has 0 aliphatic heterocycles. The van der Waals surface area contributed by atoms with E-state index in [1.54, 1.807) is 6.20 Å². The summed E-state index contributed by atoms with van der Waals surface area (Å²) in [5.74, 6) is 0. The van der Waals surface area contributed by atoms with Gasteiger partial charge in [-0.3, -0.25) is 0 Å². The van der Waals surface area contributed by atoms with Gasteiger partial charge in [-0.1, -0.05) is 0 Å². The van der Waals surface area contributed by atoms with Gasteiger partial charge in [0.25, 0.3) is 0 Å². The molecule has 39 valence electrons. The molecule has 0 bridgehead atoms. The molecule has 0 saturated carbocycles. The molecule has 1 aromatic heterocycles. The van der Waals surface area contributed by atoms with Crippen LogP contribution in [0.4, 0.5) is 0 Å². The zero-order chi connectivity index (χ0) is 5.11. The van der Waals surface area contributed by atoms with E-state index in [2.05, 4.69) is 11.1 Å². The Kier molecular flexibility index (Phi) is 4.03. The molecule has 1 heterocycles. The molecule has 1 nitrogen and oxygen atoms in total. The molecule has 0 saturated heterocycles. The molecule has 0 aromatic carbocycles. The van der Waals surface area contributed by atoms with Gasteiger partial charge in [0.1, 0.15) is 0 Å². The third-order valence-corrected chi connectivity index (χ3v) is 1.60. The molecule has 0 aliphatic carbocycles. The van der Waals surface area contributed by atoms with Crippen LogP contribution >= 0.6 is 12.4 Å². The topological polar surface area (TPSA) is 12.9 Å². The van der Waals surface area contributed by atoms with Crippen molar-refractivity contribution in [1.29, 1.82) is 0 Å². The maximum absolute atomic E-state index is 3.92. The first-order chi connectivity index (χ1) is 3.39. The van der Waals surface area contributed by atoms with Crippen LogP contribution < -0.4 is 4.16 Å². The Morgan fingerprint density at radius 3 is 2.50 bits per heavy atom. The molecule has 1 aromatic rings. The number of hydrogen-bond donors (Lipinski definition) is 0. The summed E-state index contributed by atoms with van der Waals surface area (Å²) in [5.41, 5.74) is 0. The summed E-state index contributed by atoms with van der Waals surface area (Å²) in [6.45, 7) is 0. The molecule has 0 unspecified atom stereocenters. The Morgan fingerprint density at radius 1 is 1.50 bits per heavy atom. The first kappa shape index (κ1) is 8.06. The fourth-order valence-corrected chi connectivity index (χ4v) is 0.905. The fourth-order valence-electron chi connectivity index (χ4n) is 0.398. The second-order valence-corrected chi connectivity index (χ2v) is 3.07. The van der Waals surface area contributed by atoms with Crippen molar-refractivity contribution in [1.82, 2.24) is 4.98 Å². The molecule has 0 amide bonds. The zero-order valence-corrected chi connectivity index (χ0v) is 8.16. The molecule has 8 heavy (non-hydrogen) atoms. The fraction of sp³-hybridized carbons (Fsp3) is 0. The van der Waals surface area contributed by atoms with Crippen molar-refractivity contribution in [3.8, 4) is 0 Å². The van der Waals surface area contributed by atoms with Gasteiger partial charge in [0, 0.05) is 0 Å². The summed E-state index contributed by atoms with van der Waals surface area (Å²) >= 11 is 1.20. The number of hydrogen-bond acceptors (Lipinski definition) is 1. The molecule has 0 spiro atoms. The van der Waals surface area contributed by atoms with Gasteiger partial charge in [-0.15, -0.1) is 12.4 Å². The zero-order valence-electron chi connectivity index (χ0n) is 4.37. The van der Waals surface area contributed by atoms with Gasteiger partial charge in [0.15, 0.2) is 0 Å². The van der Waals surface area contributed by atoms with Gasteiger partial charge >= 0.3 is 52.0 Å². The van der Waals surface area contributed by atoms with Crippen molar-refractivity contribution < 1.29 is 18.3 Å². The third-order valence-electron chi connectivity index (χ3n) is 0.723. The Balaban J connectivity index is 0.000000490. The van der Waals surface area contributed by atoms with E-state index in [9.17, 15) is 0 Å². The van der Waals surface area contributed by atoms with Crippen molar-refractivity contribution in [3.05, 3.63) is 24.5 Å². The van der Waals surface area contributed by atoms with Crippen LogP contribution in [0.2, 0.25) is 0 Å². The first-order valence-corrected chi connectivity index (χ1v) is 3.60. The predicted molar refractivity (Wildman–Crippen MR) is 31.1 cm³/mol. The van der Waals surface area contributed by atoms with Crippen LogP contribution in [0.5, 0.6) is 0 Å². The molecule has 0 aliphatic rings. The van der Waals surface area contributed by atoms with E-state index in [0.717, 1.165) is 0 Å². The Bertz CT molecular complexity index is 142. The van der Waals surface area contributed by atoms with Crippen molar-refractivity contribution in [2.45, 2.75) is 0 Å². The summed E-state index contributed by atoms with van der Waals surface area (Å²) in [4.78, 5) is 3.92. The number of nitrogens with zero attached hydrogens (tertiary/aromatic N) is 1. The van der Waals surface area contributed by atoms with Crippen molar-refractivity contribution in [2.24, 2.45) is 0 Å². The van der Waals surface area contributed by atoms with Crippen molar-refractivity contribution in [3.63, 3.8) is 0 Å². The predicted octanol–water partition coefficient (Wildman–Crippen LogP) is 0.675. The normalized spacial score (nSPS) is 7.75. The van der Waals surface area contributed by atoms with Gasteiger partial charge in [-0.05, 0) is 0 Å². The van der Waals surface area contributed by atoms with Gasteiger partial charge in [-0.2, -0.15) is 0 Å². The van der Waals surface area contributed by atoms with E-state index in [-0.39, 0.29) is 12.4 Å². The van der Waals surface area contributed by atoms with E-state index >= 15 is 0 Å². The van der Waals surface area contributed by atoms with Crippen LogP contribution in [0.25, 0.3) is 0 Å². The second kappa shape index (κ2) is 3.99. The van der Waals surface area contributed by atoms with E-state index in [1.165, 1.54) is 22.5 Å². The maximum atomic E-state index is 3.92. The van der Waals surface area contributed by atoms with E-state index in [1.807, 2.05) is 12.3 Å². The van der Waals surface area contributed by atoms with Crippen LogP contribution in [0, 0.1) is 0 Å². The number of halogens is 1. The number of aromatic nitrogens is 1. The van der Waals surface area contributed by atoms with Crippen LogP contribution in [0.3, 0.4) is 0 Å². The number of pyridine rings is 1. The van der Waals surface area contributed by atoms with E-state index in [4.69, 9.17) is 0 Å². The monoisotopic (exact) mass is 178 g/mol. The van der Waals surface area contributed by atoms with Crippen LogP contribution in [-0.4, -0.2) is 4.98 Å². The van der Waals surface area contributed by atoms with Crippen LogP contribution in [-0.2, 0) is 18.3 Å². The van der Waals surface area contributed by atoms with Gasteiger partial charge in [0.2, 0.25) is 0 Å². The van der Waals surface area contributed by atoms with E-state index in [0.29, 0.717) is 0 Å². The van der Waals surface area contributed by atoms with Crippen molar-refractivity contribution >= 4 is 16.6 Å². The molecule has 0 radical (unpaired) electrons. The molecule has 0 atom stereocenters. The van der Waals surface area contributed by atoms with Crippen LogP contribution in [0.15, 0.2) is 24.5 Å². The van der Waals surface area contributed by atoms with Gasteiger partial charge in [0.05, 0.1) is 0 Å². The standard InChI is InChI=1S/C5H4N.ClH.Zn/c1-2-4-6-5-3-1;;/h1-2,4-5H;1H;. The van der Waals surface area contributed by atoms with Crippen LogP contribution in [0.1, 0.15) is 0 Å². The average molecular weight is 180 g/mol. The average Bonchev–Trinajstić information content (AvgIpc) is 1.69. The summed E-state index contributed by atoms with van der Waals surface area (Å²) in [5, 5.41) is 0.